The molecule has 0 heterocycles. The van der Waals surface area contributed by atoms with E-state index in [1.54, 1.807) is 24.3 Å². The number of rotatable bonds is 8. The predicted molar refractivity (Wildman–Crippen MR) is 95.3 cm³/mol. The lowest BCUT2D eigenvalue weighted by atomic mass is 10.2. The summed E-state index contributed by atoms with van der Waals surface area (Å²) in [6, 6.07) is 6.56. The Morgan fingerprint density at radius 3 is 2.04 bits per heavy atom. The molecular formula is C16H25N3O4S. The Balaban J connectivity index is 2.60. The van der Waals surface area contributed by atoms with Crippen LogP contribution in [0, 0.1) is 0 Å². The lowest BCUT2D eigenvalue weighted by molar-refractivity contribution is -0.116. The van der Waals surface area contributed by atoms with Crippen LogP contribution in [0.1, 0.15) is 33.6 Å². The number of carbonyl (C=O) groups is 2. The van der Waals surface area contributed by atoms with E-state index in [2.05, 4.69) is 10.6 Å². The Hall–Kier alpha value is -1.93. The fourth-order valence-electron chi connectivity index (χ4n) is 2.19. The van der Waals surface area contributed by atoms with E-state index in [0.717, 1.165) is 6.26 Å². The Morgan fingerprint density at radius 1 is 1.12 bits per heavy atom. The van der Waals surface area contributed by atoms with Crippen molar-refractivity contribution in [3.8, 4) is 0 Å². The Morgan fingerprint density at radius 2 is 1.62 bits per heavy atom. The third-order valence-corrected chi connectivity index (χ3v) is 4.95. The van der Waals surface area contributed by atoms with E-state index in [-0.39, 0.29) is 30.8 Å². The second kappa shape index (κ2) is 8.79. The number of benzene rings is 1. The quantitative estimate of drug-likeness (QED) is 0.746. The molecule has 24 heavy (non-hydrogen) atoms. The van der Waals surface area contributed by atoms with E-state index in [4.69, 9.17) is 0 Å². The summed E-state index contributed by atoms with van der Waals surface area (Å²) >= 11 is 0. The maximum Gasteiger partial charge on any atom is 0.225 e. The van der Waals surface area contributed by atoms with E-state index in [0.29, 0.717) is 17.8 Å². The van der Waals surface area contributed by atoms with Crippen molar-refractivity contribution >= 4 is 33.2 Å². The average molecular weight is 355 g/mol. The summed E-state index contributed by atoms with van der Waals surface area (Å²) in [6.45, 7) is 5.28. The maximum absolute atomic E-state index is 12.0. The minimum atomic E-state index is -3.35. The van der Waals surface area contributed by atoms with Gasteiger partial charge in [-0.2, -0.15) is 4.31 Å². The van der Waals surface area contributed by atoms with Gasteiger partial charge in [0.05, 0.1) is 6.26 Å². The molecule has 1 aromatic rings. The molecule has 0 bridgehead atoms. The summed E-state index contributed by atoms with van der Waals surface area (Å²) in [6.07, 6.45) is 1.90. The smallest absolute Gasteiger partial charge is 0.225 e. The highest BCUT2D eigenvalue weighted by Gasteiger charge is 2.22. The molecule has 8 heteroatoms. The molecule has 0 aromatic heterocycles. The van der Waals surface area contributed by atoms with Crippen LogP contribution in [0.2, 0.25) is 0 Å². The standard InChI is InChI=1S/C16H25N3O4S/c1-5-12(2)19(24(4,22)23)11-10-16(21)18-15-8-6-14(7-9-15)17-13(3)20/h6-9,12H,5,10-11H2,1-4H3,(H,17,20)(H,18,21). The number of carbonyl (C=O) groups excluding carboxylic acids is 2. The number of nitrogens with one attached hydrogen (secondary N) is 2. The van der Waals surface area contributed by atoms with Crippen LogP contribution in [0.4, 0.5) is 11.4 Å². The van der Waals surface area contributed by atoms with Crippen molar-refractivity contribution in [2.75, 3.05) is 23.4 Å². The highest BCUT2D eigenvalue weighted by Crippen LogP contribution is 2.14. The third kappa shape index (κ3) is 6.67. The average Bonchev–Trinajstić information content (AvgIpc) is 2.47. The minimum absolute atomic E-state index is 0.0743. The van der Waals surface area contributed by atoms with Crippen molar-refractivity contribution in [1.82, 2.24) is 4.31 Å². The van der Waals surface area contributed by atoms with Gasteiger partial charge in [0, 0.05) is 37.3 Å². The van der Waals surface area contributed by atoms with Gasteiger partial charge < -0.3 is 10.6 Å². The van der Waals surface area contributed by atoms with Gasteiger partial charge in [-0.15, -0.1) is 0 Å². The Bertz CT molecular complexity index is 671. The molecule has 0 aliphatic carbocycles. The van der Waals surface area contributed by atoms with Crippen molar-refractivity contribution in [3.63, 3.8) is 0 Å². The lowest BCUT2D eigenvalue weighted by Gasteiger charge is -2.25. The lowest BCUT2D eigenvalue weighted by Crippen LogP contribution is -2.39. The number of sulfonamides is 1. The van der Waals surface area contributed by atoms with Crippen molar-refractivity contribution in [2.24, 2.45) is 0 Å². The fourth-order valence-corrected chi connectivity index (χ4v) is 3.42. The molecule has 0 fully saturated rings. The van der Waals surface area contributed by atoms with Crippen LogP contribution in [0.5, 0.6) is 0 Å². The Labute approximate surface area is 143 Å². The molecule has 2 N–H and O–H groups in total. The first-order valence-corrected chi connectivity index (χ1v) is 9.62. The molecule has 0 aliphatic rings. The van der Waals surface area contributed by atoms with Gasteiger partial charge in [0.15, 0.2) is 0 Å². The molecule has 1 aromatic carbocycles. The highest BCUT2D eigenvalue weighted by molar-refractivity contribution is 7.88. The van der Waals surface area contributed by atoms with Gasteiger partial charge in [-0.3, -0.25) is 9.59 Å². The van der Waals surface area contributed by atoms with Crippen LogP contribution in [0.15, 0.2) is 24.3 Å². The van der Waals surface area contributed by atoms with Crippen molar-refractivity contribution in [3.05, 3.63) is 24.3 Å². The largest absolute Gasteiger partial charge is 0.326 e. The molecule has 0 saturated carbocycles. The van der Waals surface area contributed by atoms with Gasteiger partial charge in [0.1, 0.15) is 0 Å². The van der Waals surface area contributed by atoms with E-state index in [9.17, 15) is 18.0 Å². The summed E-state index contributed by atoms with van der Waals surface area (Å²) in [5.41, 5.74) is 1.23. The number of nitrogens with zero attached hydrogens (tertiary/aromatic N) is 1. The van der Waals surface area contributed by atoms with Crippen LogP contribution in [-0.2, 0) is 19.6 Å². The van der Waals surface area contributed by atoms with Crippen LogP contribution in [0.3, 0.4) is 0 Å². The summed E-state index contributed by atoms with van der Waals surface area (Å²) in [5.74, 6) is -0.433. The van der Waals surface area contributed by atoms with Gasteiger partial charge >= 0.3 is 0 Å². The molecular weight excluding hydrogens is 330 g/mol. The zero-order chi connectivity index (χ0) is 18.3. The molecule has 1 rings (SSSR count). The zero-order valence-electron chi connectivity index (χ0n) is 14.5. The molecule has 0 radical (unpaired) electrons. The highest BCUT2D eigenvalue weighted by atomic mass is 32.2. The van der Waals surface area contributed by atoms with Crippen LogP contribution < -0.4 is 10.6 Å². The summed E-state index contributed by atoms with van der Waals surface area (Å²) in [4.78, 5) is 23.0. The monoisotopic (exact) mass is 355 g/mol. The second-order valence-corrected chi connectivity index (χ2v) is 7.62. The van der Waals surface area contributed by atoms with Gasteiger partial charge in [0.2, 0.25) is 21.8 Å². The van der Waals surface area contributed by atoms with Crippen molar-refractivity contribution < 1.29 is 18.0 Å². The number of hydrogen-bond donors (Lipinski definition) is 2. The van der Waals surface area contributed by atoms with Crippen LogP contribution >= 0.6 is 0 Å². The van der Waals surface area contributed by atoms with Crippen LogP contribution in [0.25, 0.3) is 0 Å². The second-order valence-electron chi connectivity index (χ2n) is 5.69. The minimum Gasteiger partial charge on any atom is -0.326 e. The first kappa shape index (κ1) is 20.1. The SMILES string of the molecule is CCC(C)N(CCC(=O)Nc1ccc(NC(C)=O)cc1)S(C)(=O)=O. The first-order valence-electron chi connectivity index (χ1n) is 7.77. The normalized spacial score (nSPS) is 12.7. The predicted octanol–water partition coefficient (Wildman–Crippen LogP) is 2.03. The molecule has 0 saturated heterocycles. The zero-order valence-corrected chi connectivity index (χ0v) is 15.3. The molecule has 134 valence electrons. The van der Waals surface area contributed by atoms with Crippen LogP contribution in [-0.4, -0.2) is 43.4 Å². The van der Waals surface area contributed by atoms with Crippen molar-refractivity contribution in [2.45, 2.75) is 39.7 Å². The number of amides is 2. The summed E-state index contributed by atoms with van der Waals surface area (Å²) in [5, 5.41) is 5.35. The van der Waals surface area contributed by atoms with Gasteiger partial charge in [-0.25, -0.2) is 8.42 Å². The summed E-state index contributed by atoms with van der Waals surface area (Å²) < 4.78 is 24.9. The number of anilines is 2. The molecule has 2 amide bonds. The maximum atomic E-state index is 12.0. The van der Waals surface area contributed by atoms with Crippen molar-refractivity contribution in [1.29, 1.82) is 0 Å². The summed E-state index contributed by atoms with van der Waals surface area (Å²) in [7, 11) is -3.35. The van der Waals surface area contributed by atoms with E-state index in [1.165, 1.54) is 11.2 Å². The first-order chi connectivity index (χ1) is 11.1. The molecule has 0 spiro atoms. The topological polar surface area (TPSA) is 95.6 Å². The van der Waals surface area contributed by atoms with Gasteiger partial charge in [0.25, 0.3) is 0 Å². The molecule has 1 unspecified atom stereocenters. The van der Waals surface area contributed by atoms with E-state index in [1.807, 2.05) is 13.8 Å². The molecule has 0 aliphatic heterocycles. The fraction of sp³-hybridized carbons (Fsp3) is 0.500. The number of hydrogen-bond acceptors (Lipinski definition) is 4. The third-order valence-electron chi connectivity index (χ3n) is 3.56. The Kier molecular flexibility index (Phi) is 7.37. The van der Waals surface area contributed by atoms with Gasteiger partial charge in [-0.1, -0.05) is 6.92 Å². The van der Waals surface area contributed by atoms with E-state index < -0.39 is 10.0 Å². The molecule has 1 atom stereocenters. The van der Waals surface area contributed by atoms with Gasteiger partial charge in [-0.05, 0) is 37.6 Å². The molecule has 7 nitrogen and oxygen atoms in total. The van der Waals surface area contributed by atoms with E-state index >= 15 is 0 Å².